The van der Waals surface area contributed by atoms with Crippen molar-refractivity contribution in [1.29, 1.82) is 0 Å². The highest BCUT2D eigenvalue weighted by atomic mass is 16.5. The SMILES string of the molecule is O=C1CC(NCC2Cc3ccccc3O2)CCCN1. The van der Waals surface area contributed by atoms with E-state index in [9.17, 15) is 4.79 Å². The van der Waals surface area contributed by atoms with Gasteiger partial charge in [-0.3, -0.25) is 4.79 Å². The molecule has 0 spiro atoms. The Kier molecular flexibility index (Phi) is 3.69. The molecule has 4 heteroatoms. The molecule has 1 aromatic rings. The number of para-hydroxylation sites is 1. The topological polar surface area (TPSA) is 50.4 Å². The summed E-state index contributed by atoms with van der Waals surface area (Å²) in [6.45, 7) is 1.62. The lowest BCUT2D eigenvalue weighted by Crippen LogP contribution is -2.38. The van der Waals surface area contributed by atoms with E-state index in [1.807, 2.05) is 18.2 Å². The number of carbonyl (C=O) groups excluding carboxylic acids is 1. The second-order valence-corrected chi connectivity index (χ2v) is 5.35. The van der Waals surface area contributed by atoms with Crippen LogP contribution in [0.3, 0.4) is 0 Å². The monoisotopic (exact) mass is 260 g/mol. The van der Waals surface area contributed by atoms with Gasteiger partial charge in [0.15, 0.2) is 0 Å². The van der Waals surface area contributed by atoms with Crippen LogP contribution in [0.1, 0.15) is 24.8 Å². The third-order valence-corrected chi connectivity index (χ3v) is 3.83. The van der Waals surface area contributed by atoms with Gasteiger partial charge in [0.25, 0.3) is 0 Å². The van der Waals surface area contributed by atoms with Gasteiger partial charge in [0.2, 0.25) is 5.91 Å². The predicted molar refractivity (Wildman–Crippen MR) is 73.2 cm³/mol. The molecule has 1 aromatic carbocycles. The van der Waals surface area contributed by atoms with Crippen molar-refractivity contribution in [2.75, 3.05) is 13.1 Å². The van der Waals surface area contributed by atoms with Gasteiger partial charge >= 0.3 is 0 Å². The maximum absolute atomic E-state index is 11.5. The zero-order valence-corrected chi connectivity index (χ0v) is 11.0. The lowest BCUT2D eigenvalue weighted by Gasteiger charge is -2.18. The molecule has 2 heterocycles. The summed E-state index contributed by atoms with van der Waals surface area (Å²) in [6, 6.07) is 8.48. The Morgan fingerprint density at radius 1 is 1.32 bits per heavy atom. The molecule has 2 aliphatic rings. The van der Waals surface area contributed by atoms with E-state index in [0.717, 1.165) is 38.1 Å². The highest BCUT2D eigenvalue weighted by Gasteiger charge is 2.24. The number of ether oxygens (including phenoxy) is 1. The van der Waals surface area contributed by atoms with Crippen molar-refractivity contribution in [3.63, 3.8) is 0 Å². The molecule has 3 rings (SSSR count). The van der Waals surface area contributed by atoms with Gasteiger partial charge in [-0.2, -0.15) is 0 Å². The number of nitrogens with one attached hydrogen (secondary N) is 2. The number of hydrogen-bond acceptors (Lipinski definition) is 3. The fourth-order valence-corrected chi connectivity index (χ4v) is 2.81. The van der Waals surface area contributed by atoms with Gasteiger partial charge in [0.1, 0.15) is 11.9 Å². The minimum atomic E-state index is 0.158. The molecule has 0 bridgehead atoms. The minimum Gasteiger partial charge on any atom is -0.488 e. The molecule has 1 fully saturated rings. The van der Waals surface area contributed by atoms with Crippen LogP contribution in [0.2, 0.25) is 0 Å². The summed E-state index contributed by atoms with van der Waals surface area (Å²) in [5, 5.41) is 6.39. The van der Waals surface area contributed by atoms with Crippen molar-refractivity contribution in [3.05, 3.63) is 29.8 Å². The van der Waals surface area contributed by atoms with E-state index in [2.05, 4.69) is 16.7 Å². The van der Waals surface area contributed by atoms with E-state index in [-0.39, 0.29) is 18.1 Å². The van der Waals surface area contributed by atoms with Gasteiger partial charge in [0, 0.05) is 32.0 Å². The van der Waals surface area contributed by atoms with E-state index < -0.39 is 0 Å². The number of hydrogen-bond donors (Lipinski definition) is 2. The molecule has 4 nitrogen and oxygen atoms in total. The number of rotatable bonds is 3. The van der Waals surface area contributed by atoms with Gasteiger partial charge in [0.05, 0.1) is 0 Å². The van der Waals surface area contributed by atoms with Gasteiger partial charge in [-0.25, -0.2) is 0 Å². The first kappa shape index (κ1) is 12.5. The molecule has 0 radical (unpaired) electrons. The van der Waals surface area contributed by atoms with E-state index in [1.54, 1.807) is 0 Å². The van der Waals surface area contributed by atoms with Crippen LogP contribution >= 0.6 is 0 Å². The van der Waals surface area contributed by atoms with E-state index in [0.29, 0.717) is 6.42 Å². The predicted octanol–water partition coefficient (Wildman–Crippen LogP) is 1.25. The fraction of sp³-hybridized carbons (Fsp3) is 0.533. The summed E-state index contributed by atoms with van der Waals surface area (Å²) in [6.07, 6.45) is 3.85. The second-order valence-electron chi connectivity index (χ2n) is 5.35. The van der Waals surface area contributed by atoms with Crippen molar-refractivity contribution in [1.82, 2.24) is 10.6 Å². The largest absolute Gasteiger partial charge is 0.488 e. The Hall–Kier alpha value is -1.55. The summed E-state index contributed by atoms with van der Waals surface area (Å²) in [5.41, 5.74) is 1.29. The highest BCUT2D eigenvalue weighted by molar-refractivity contribution is 5.76. The Morgan fingerprint density at radius 3 is 3.11 bits per heavy atom. The molecule has 0 aliphatic carbocycles. The number of carbonyl (C=O) groups is 1. The molecule has 1 saturated heterocycles. The molecule has 102 valence electrons. The number of amides is 1. The second kappa shape index (κ2) is 5.61. The van der Waals surface area contributed by atoms with Crippen molar-refractivity contribution in [2.24, 2.45) is 0 Å². The lowest BCUT2D eigenvalue weighted by molar-refractivity contribution is -0.121. The van der Waals surface area contributed by atoms with Crippen LogP contribution in [0.5, 0.6) is 5.75 Å². The third-order valence-electron chi connectivity index (χ3n) is 3.83. The average Bonchev–Trinajstić information content (AvgIpc) is 2.72. The van der Waals surface area contributed by atoms with E-state index in [1.165, 1.54) is 5.56 Å². The maximum Gasteiger partial charge on any atom is 0.221 e. The van der Waals surface area contributed by atoms with Crippen LogP contribution in [0.4, 0.5) is 0 Å². The van der Waals surface area contributed by atoms with Crippen LogP contribution in [-0.2, 0) is 11.2 Å². The fourth-order valence-electron chi connectivity index (χ4n) is 2.81. The first-order valence-electron chi connectivity index (χ1n) is 7.06. The van der Waals surface area contributed by atoms with Gasteiger partial charge in [-0.15, -0.1) is 0 Å². The number of fused-ring (bicyclic) bond motifs is 1. The molecular formula is C15H20N2O2. The van der Waals surface area contributed by atoms with Crippen LogP contribution < -0.4 is 15.4 Å². The normalized spacial score (nSPS) is 26.2. The van der Waals surface area contributed by atoms with Crippen LogP contribution in [-0.4, -0.2) is 31.1 Å². The molecule has 2 atom stereocenters. The molecule has 2 aliphatic heterocycles. The molecule has 19 heavy (non-hydrogen) atoms. The quantitative estimate of drug-likeness (QED) is 0.860. The standard InChI is InChI=1S/C15H20N2O2/c18-15-9-12(5-3-7-16-15)17-10-13-8-11-4-1-2-6-14(11)19-13/h1-2,4,6,12-13,17H,3,5,7-10H2,(H,16,18). The van der Waals surface area contributed by atoms with Crippen LogP contribution in [0, 0.1) is 0 Å². The molecule has 1 amide bonds. The van der Waals surface area contributed by atoms with Crippen molar-refractivity contribution in [3.8, 4) is 5.75 Å². The Morgan fingerprint density at radius 2 is 2.21 bits per heavy atom. The molecular weight excluding hydrogens is 240 g/mol. The maximum atomic E-state index is 11.5. The van der Waals surface area contributed by atoms with E-state index >= 15 is 0 Å². The molecule has 0 aromatic heterocycles. The highest BCUT2D eigenvalue weighted by Crippen LogP contribution is 2.27. The van der Waals surface area contributed by atoms with Crippen molar-refractivity contribution < 1.29 is 9.53 Å². The van der Waals surface area contributed by atoms with E-state index in [4.69, 9.17) is 4.74 Å². The zero-order chi connectivity index (χ0) is 13.1. The zero-order valence-electron chi connectivity index (χ0n) is 11.0. The summed E-state index contributed by atoms with van der Waals surface area (Å²) in [4.78, 5) is 11.5. The first-order valence-corrected chi connectivity index (χ1v) is 7.06. The van der Waals surface area contributed by atoms with Crippen LogP contribution in [0.25, 0.3) is 0 Å². The van der Waals surface area contributed by atoms with Crippen molar-refractivity contribution in [2.45, 2.75) is 37.8 Å². The first-order chi connectivity index (χ1) is 9.31. The molecule has 2 unspecified atom stereocenters. The minimum absolute atomic E-state index is 0.158. The summed E-state index contributed by atoms with van der Waals surface area (Å²) in [7, 11) is 0. The Bertz CT molecular complexity index is 436. The average molecular weight is 260 g/mol. The van der Waals surface area contributed by atoms with Gasteiger partial charge in [-0.1, -0.05) is 18.2 Å². The van der Waals surface area contributed by atoms with Gasteiger partial charge < -0.3 is 15.4 Å². The van der Waals surface area contributed by atoms with Crippen molar-refractivity contribution >= 4 is 5.91 Å². The van der Waals surface area contributed by atoms with Crippen LogP contribution in [0.15, 0.2) is 24.3 Å². The Balaban J connectivity index is 1.50. The summed E-state index contributed by atoms with van der Waals surface area (Å²) in [5.74, 6) is 1.17. The molecule has 2 N–H and O–H groups in total. The third kappa shape index (κ3) is 3.07. The summed E-state index contributed by atoms with van der Waals surface area (Å²) < 4.78 is 5.89. The molecule has 0 saturated carbocycles. The number of benzene rings is 1. The lowest BCUT2D eigenvalue weighted by atomic mass is 10.1. The summed E-state index contributed by atoms with van der Waals surface area (Å²) >= 11 is 0. The Labute approximate surface area is 113 Å². The smallest absolute Gasteiger partial charge is 0.221 e. The van der Waals surface area contributed by atoms with Gasteiger partial charge in [-0.05, 0) is 24.5 Å².